The normalized spacial score (nSPS) is 11.6. The van der Waals surface area contributed by atoms with Crippen molar-refractivity contribution in [2.24, 2.45) is 0 Å². The first kappa shape index (κ1) is 22.5. The Morgan fingerprint density at radius 2 is 1.71 bits per heavy atom. The number of nitrogens with zero attached hydrogens (tertiary/aromatic N) is 3. The Morgan fingerprint density at radius 3 is 2.23 bits per heavy atom. The van der Waals surface area contributed by atoms with E-state index in [0.29, 0.717) is 5.56 Å². The number of halogens is 3. The van der Waals surface area contributed by atoms with E-state index in [1.54, 1.807) is 24.3 Å². The van der Waals surface area contributed by atoms with Gasteiger partial charge in [0.1, 0.15) is 0 Å². The number of hydroxylamine groups is 2. The molecular formula is C22H22F3N3O3. The average molecular weight is 433 g/mol. The quantitative estimate of drug-likeness (QED) is 0.522. The Morgan fingerprint density at radius 1 is 1.10 bits per heavy atom. The van der Waals surface area contributed by atoms with E-state index in [1.807, 2.05) is 32.9 Å². The van der Waals surface area contributed by atoms with Crippen LogP contribution >= 0.6 is 0 Å². The molecule has 0 unspecified atom stereocenters. The number of benzene rings is 2. The molecule has 0 saturated carbocycles. The zero-order valence-electron chi connectivity index (χ0n) is 17.6. The number of carbonyl (C=O) groups excluding carboxylic acids is 1. The van der Waals surface area contributed by atoms with E-state index in [-0.39, 0.29) is 24.7 Å². The molecule has 1 amide bonds. The zero-order valence-corrected chi connectivity index (χ0v) is 17.6. The summed E-state index contributed by atoms with van der Waals surface area (Å²) in [5.41, 5.74) is 5.29. The number of aryl methyl sites for hydroxylation is 3. The van der Waals surface area contributed by atoms with Crippen molar-refractivity contribution in [2.75, 3.05) is 7.11 Å². The summed E-state index contributed by atoms with van der Waals surface area (Å²) in [5, 5.41) is 4.62. The van der Waals surface area contributed by atoms with Gasteiger partial charge >= 0.3 is 12.1 Å². The topological polar surface area (TPSA) is 68.5 Å². The lowest BCUT2D eigenvalue weighted by atomic mass is 9.97. The predicted molar refractivity (Wildman–Crippen MR) is 107 cm³/mol. The van der Waals surface area contributed by atoms with E-state index < -0.39 is 12.1 Å². The van der Waals surface area contributed by atoms with Crippen molar-refractivity contribution in [1.82, 2.24) is 15.2 Å². The van der Waals surface area contributed by atoms with Crippen molar-refractivity contribution in [3.05, 3.63) is 70.1 Å². The van der Waals surface area contributed by atoms with E-state index in [4.69, 9.17) is 4.84 Å². The summed E-state index contributed by atoms with van der Waals surface area (Å²) in [5.74, 6) is -1.76. The minimum absolute atomic E-state index is 0.163. The molecule has 0 radical (unpaired) electrons. The first-order valence-corrected chi connectivity index (χ1v) is 9.50. The zero-order chi connectivity index (χ0) is 22.8. The molecule has 2 aromatic carbocycles. The predicted octanol–water partition coefficient (Wildman–Crippen LogP) is 4.81. The van der Waals surface area contributed by atoms with Gasteiger partial charge in [-0.1, -0.05) is 47.1 Å². The van der Waals surface area contributed by atoms with Crippen LogP contribution in [0.1, 0.15) is 33.7 Å². The molecule has 0 N–H and O–H groups in total. The van der Waals surface area contributed by atoms with Gasteiger partial charge in [0.05, 0.1) is 20.1 Å². The third kappa shape index (κ3) is 5.29. The molecule has 164 valence electrons. The number of alkyl halides is 3. The fraction of sp³-hybridized carbons (Fsp3) is 0.318. The number of amides is 1. The summed E-state index contributed by atoms with van der Waals surface area (Å²) >= 11 is 0. The molecular weight excluding hydrogens is 411 g/mol. The van der Waals surface area contributed by atoms with Gasteiger partial charge in [-0.25, -0.2) is 5.06 Å². The molecule has 1 heterocycles. The van der Waals surface area contributed by atoms with Gasteiger partial charge in [-0.15, -0.1) is 0 Å². The monoisotopic (exact) mass is 433 g/mol. The van der Waals surface area contributed by atoms with Crippen LogP contribution in [0.5, 0.6) is 0 Å². The Kier molecular flexibility index (Phi) is 6.45. The number of rotatable bonds is 6. The smallest absolute Gasteiger partial charge is 0.329 e. The van der Waals surface area contributed by atoms with Crippen LogP contribution in [-0.2, 0) is 28.8 Å². The SMILES string of the molecule is CON(Cc1ccc(-c2noc(C(F)(F)F)n2)cc1)C(=O)Cc1c(C)cc(C)cc1C. The third-order valence-electron chi connectivity index (χ3n) is 4.87. The summed E-state index contributed by atoms with van der Waals surface area (Å²) in [6.07, 6.45) is -4.49. The second-order valence-electron chi connectivity index (χ2n) is 7.28. The molecule has 0 fully saturated rings. The largest absolute Gasteiger partial charge is 0.471 e. The van der Waals surface area contributed by atoms with Crippen LogP contribution in [0.3, 0.4) is 0 Å². The van der Waals surface area contributed by atoms with Gasteiger partial charge in [0.2, 0.25) is 5.82 Å². The molecule has 0 bridgehead atoms. The first-order valence-electron chi connectivity index (χ1n) is 9.50. The fourth-order valence-corrected chi connectivity index (χ4v) is 3.36. The van der Waals surface area contributed by atoms with Crippen molar-refractivity contribution < 1.29 is 27.3 Å². The standard InChI is InChI=1S/C22H22F3N3O3/c1-13-9-14(2)18(15(3)10-13)11-19(29)28(30-4)12-16-5-7-17(8-6-16)20-26-21(31-27-20)22(23,24)25/h5-10H,11-12H2,1-4H3. The Labute approximate surface area is 177 Å². The number of hydrogen-bond donors (Lipinski definition) is 0. The van der Waals surface area contributed by atoms with E-state index in [0.717, 1.165) is 27.8 Å². The molecule has 31 heavy (non-hydrogen) atoms. The third-order valence-corrected chi connectivity index (χ3v) is 4.87. The van der Waals surface area contributed by atoms with E-state index in [1.165, 1.54) is 12.2 Å². The molecule has 0 aliphatic carbocycles. The van der Waals surface area contributed by atoms with Crippen molar-refractivity contribution >= 4 is 5.91 Å². The molecule has 1 aromatic heterocycles. The van der Waals surface area contributed by atoms with Crippen LogP contribution in [0, 0.1) is 20.8 Å². The lowest BCUT2D eigenvalue weighted by Crippen LogP contribution is -2.31. The molecule has 0 saturated heterocycles. The molecule has 6 nitrogen and oxygen atoms in total. The maximum Gasteiger partial charge on any atom is 0.471 e. The van der Waals surface area contributed by atoms with Crippen LogP contribution in [0.15, 0.2) is 40.9 Å². The fourth-order valence-electron chi connectivity index (χ4n) is 3.36. The van der Waals surface area contributed by atoms with E-state index in [2.05, 4.69) is 14.7 Å². The van der Waals surface area contributed by atoms with Gasteiger partial charge in [0.15, 0.2) is 0 Å². The van der Waals surface area contributed by atoms with Crippen LogP contribution in [0.25, 0.3) is 11.4 Å². The summed E-state index contributed by atoms with van der Waals surface area (Å²) in [4.78, 5) is 21.4. The van der Waals surface area contributed by atoms with Crippen LogP contribution in [0.4, 0.5) is 13.2 Å². The second-order valence-corrected chi connectivity index (χ2v) is 7.28. The molecule has 3 aromatic rings. The second kappa shape index (κ2) is 8.89. The number of carbonyl (C=O) groups is 1. The van der Waals surface area contributed by atoms with Crippen LogP contribution in [-0.4, -0.2) is 28.2 Å². The first-order chi connectivity index (χ1) is 14.6. The van der Waals surface area contributed by atoms with Gasteiger partial charge in [-0.2, -0.15) is 18.2 Å². The maximum atomic E-state index is 12.8. The number of hydrogen-bond acceptors (Lipinski definition) is 5. The molecule has 0 spiro atoms. The highest BCUT2D eigenvalue weighted by atomic mass is 19.4. The summed E-state index contributed by atoms with van der Waals surface area (Å²) in [7, 11) is 1.42. The van der Waals surface area contributed by atoms with Gasteiger partial charge in [-0.05, 0) is 43.0 Å². The Bertz CT molecular complexity index is 1050. The highest BCUT2D eigenvalue weighted by Crippen LogP contribution is 2.29. The van der Waals surface area contributed by atoms with Crippen molar-refractivity contribution in [3.63, 3.8) is 0 Å². The van der Waals surface area contributed by atoms with Gasteiger partial charge in [0, 0.05) is 5.56 Å². The van der Waals surface area contributed by atoms with Crippen molar-refractivity contribution in [1.29, 1.82) is 0 Å². The van der Waals surface area contributed by atoms with Gasteiger partial charge < -0.3 is 4.52 Å². The lowest BCUT2D eigenvalue weighted by Gasteiger charge is -2.21. The van der Waals surface area contributed by atoms with Crippen LogP contribution < -0.4 is 0 Å². The highest BCUT2D eigenvalue weighted by Gasteiger charge is 2.38. The van der Waals surface area contributed by atoms with E-state index >= 15 is 0 Å². The molecule has 3 rings (SSSR count). The van der Waals surface area contributed by atoms with Crippen molar-refractivity contribution in [3.8, 4) is 11.4 Å². The van der Waals surface area contributed by atoms with Crippen molar-refractivity contribution in [2.45, 2.75) is 39.9 Å². The summed E-state index contributed by atoms with van der Waals surface area (Å²) < 4.78 is 42.1. The Hall–Kier alpha value is -3.20. The lowest BCUT2D eigenvalue weighted by molar-refractivity contribution is -0.178. The Balaban J connectivity index is 1.70. The maximum absolute atomic E-state index is 12.8. The minimum Gasteiger partial charge on any atom is -0.329 e. The molecule has 0 atom stereocenters. The van der Waals surface area contributed by atoms with Gasteiger partial charge in [0.25, 0.3) is 5.91 Å². The number of aromatic nitrogens is 2. The molecule has 0 aliphatic rings. The summed E-state index contributed by atoms with van der Waals surface area (Å²) in [6.45, 7) is 6.13. The summed E-state index contributed by atoms with van der Waals surface area (Å²) in [6, 6.07) is 10.5. The van der Waals surface area contributed by atoms with E-state index in [9.17, 15) is 18.0 Å². The average Bonchev–Trinajstić information content (AvgIpc) is 3.20. The molecule has 9 heteroatoms. The van der Waals surface area contributed by atoms with Gasteiger partial charge in [-0.3, -0.25) is 9.63 Å². The minimum atomic E-state index is -4.70. The molecule has 0 aliphatic heterocycles. The highest BCUT2D eigenvalue weighted by molar-refractivity contribution is 5.78. The van der Waals surface area contributed by atoms with Crippen LogP contribution in [0.2, 0.25) is 0 Å².